The van der Waals surface area contributed by atoms with Crippen molar-refractivity contribution in [1.82, 2.24) is 0 Å². The lowest BCUT2D eigenvalue weighted by Crippen LogP contribution is -2.65. The van der Waals surface area contributed by atoms with E-state index in [0.29, 0.717) is 5.41 Å². The molecule has 32 heavy (non-hydrogen) atoms. The average Bonchev–Trinajstić information content (AvgIpc) is 2.84. The molecule has 0 aliphatic heterocycles. The number of nitrogens with two attached hydrogens (primary N) is 1. The minimum Gasteiger partial charge on any atom is -0.330 e. The second-order valence-electron chi connectivity index (χ2n) is 11.4. The zero-order chi connectivity index (χ0) is 21.7. The molecule has 164 valence electrons. The normalized spacial score (nSPS) is 35.2. The summed E-state index contributed by atoms with van der Waals surface area (Å²) >= 11 is 0. The lowest BCUT2D eigenvalue weighted by atomic mass is 9.32. The minimum atomic E-state index is 0.246. The van der Waals surface area contributed by atoms with Gasteiger partial charge in [-0.05, 0) is 96.3 Å². The van der Waals surface area contributed by atoms with E-state index in [1.54, 1.807) is 16.7 Å². The molecule has 4 bridgehead atoms. The molecular formula is C31H35N. The van der Waals surface area contributed by atoms with E-state index in [1.165, 1.54) is 44.9 Å². The zero-order valence-corrected chi connectivity index (χ0v) is 19.1. The summed E-state index contributed by atoms with van der Waals surface area (Å²) in [7, 11) is 0. The van der Waals surface area contributed by atoms with Crippen LogP contribution in [0.3, 0.4) is 0 Å². The summed E-state index contributed by atoms with van der Waals surface area (Å²) in [6.45, 7) is 0.802. The molecule has 0 spiro atoms. The van der Waals surface area contributed by atoms with E-state index in [1.807, 2.05) is 0 Å². The van der Waals surface area contributed by atoms with Crippen LogP contribution in [-0.2, 0) is 16.2 Å². The van der Waals surface area contributed by atoms with Gasteiger partial charge in [0.1, 0.15) is 0 Å². The molecule has 7 rings (SSSR count). The lowest BCUT2D eigenvalue weighted by Gasteiger charge is -2.71. The molecule has 0 aromatic heterocycles. The van der Waals surface area contributed by atoms with Gasteiger partial charge in [-0.1, -0.05) is 91.0 Å². The van der Waals surface area contributed by atoms with E-state index in [0.717, 1.165) is 13.0 Å². The van der Waals surface area contributed by atoms with Gasteiger partial charge in [0.25, 0.3) is 0 Å². The molecule has 3 aromatic carbocycles. The zero-order valence-electron chi connectivity index (χ0n) is 19.1. The van der Waals surface area contributed by atoms with Crippen LogP contribution in [0, 0.1) is 5.41 Å². The van der Waals surface area contributed by atoms with Crippen molar-refractivity contribution >= 4 is 0 Å². The van der Waals surface area contributed by atoms with E-state index in [-0.39, 0.29) is 16.2 Å². The van der Waals surface area contributed by atoms with Gasteiger partial charge in [0.15, 0.2) is 0 Å². The molecule has 4 fully saturated rings. The predicted molar refractivity (Wildman–Crippen MR) is 133 cm³/mol. The van der Waals surface area contributed by atoms with E-state index in [4.69, 9.17) is 5.73 Å². The molecule has 1 nitrogen and oxygen atoms in total. The first kappa shape index (κ1) is 20.2. The topological polar surface area (TPSA) is 26.0 Å². The van der Waals surface area contributed by atoms with Gasteiger partial charge < -0.3 is 5.73 Å². The Kier molecular flexibility index (Phi) is 4.63. The molecule has 1 heteroatoms. The molecule has 0 atom stereocenters. The fourth-order valence-corrected chi connectivity index (χ4v) is 8.88. The van der Waals surface area contributed by atoms with Crippen LogP contribution in [0.5, 0.6) is 0 Å². The van der Waals surface area contributed by atoms with Crippen LogP contribution in [0.4, 0.5) is 0 Å². The molecule has 0 unspecified atom stereocenters. The molecule has 2 N–H and O–H groups in total. The maximum absolute atomic E-state index is 6.09. The molecule has 4 aliphatic carbocycles. The highest BCUT2D eigenvalue weighted by Gasteiger charge is 2.68. The fourth-order valence-electron chi connectivity index (χ4n) is 8.88. The van der Waals surface area contributed by atoms with Crippen molar-refractivity contribution in [1.29, 1.82) is 0 Å². The Balaban J connectivity index is 1.59. The van der Waals surface area contributed by atoms with Gasteiger partial charge >= 0.3 is 0 Å². The van der Waals surface area contributed by atoms with Crippen LogP contribution >= 0.6 is 0 Å². The smallest absolute Gasteiger partial charge is 0.00247 e. The Morgan fingerprint density at radius 2 is 0.844 bits per heavy atom. The van der Waals surface area contributed by atoms with Gasteiger partial charge in [-0.3, -0.25) is 0 Å². The van der Waals surface area contributed by atoms with Crippen LogP contribution < -0.4 is 5.73 Å². The molecule has 0 radical (unpaired) electrons. The molecule has 0 saturated heterocycles. The van der Waals surface area contributed by atoms with Crippen molar-refractivity contribution in [3.05, 3.63) is 108 Å². The molecule has 0 amide bonds. The molecular weight excluding hydrogens is 386 g/mol. The van der Waals surface area contributed by atoms with Gasteiger partial charge in [-0.2, -0.15) is 0 Å². The fraction of sp³-hybridized carbons (Fsp3) is 0.419. The first-order valence-electron chi connectivity index (χ1n) is 12.5. The molecule has 3 aromatic rings. The summed E-state index contributed by atoms with van der Waals surface area (Å²) in [6, 6.07) is 34.6. The summed E-state index contributed by atoms with van der Waals surface area (Å²) in [5, 5.41) is 0. The first-order valence-corrected chi connectivity index (χ1v) is 12.5. The third-order valence-corrected chi connectivity index (χ3v) is 9.24. The van der Waals surface area contributed by atoms with E-state index >= 15 is 0 Å². The largest absolute Gasteiger partial charge is 0.330 e. The quantitative estimate of drug-likeness (QED) is 0.460. The van der Waals surface area contributed by atoms with Crippen LogP contribution in [0.15, 0.2) is 91.0 Å². The minimum absolute atomic E-state index is 0.246. The third kappa shape index (κ3) is 3.01. The SMILES string of the molecule is NCCCC12CC3(c4ccccc4)CC(c4ccccc4)(C1)CC(c1ccccc1)(C2)C3. The maximum Gasteiger partial charge on any atom is -0.00247 e. The molecule has 4 aliphatic rings. The van der Waals surface area contributed by atoms with Crippen LogP contribution in [-0.4, -0.2) is 6.54 Å². The Morgan fingerprint density at radius 1 is 0.500 bits per heavy atom. The Morgan fingerprint density at radius 3 is 1.16 bits per heavy atom. The Hall–Kier alpha value is -2.38. The van der Waals surface area contributed by atoms with Crippen molar-refractivity contribution in [3.8, 4) is 0 Å². The summed E-state index contributed by atoms with van der Waals surface area (Å²) < 4.78 is 0. The van der Waals surface area contributed by atoms with Crippen molar-refractivity contribution in [2.75, 3.05) is 6.54 Å². The summed E-state index contributed by atoms with van der Waals surface area (Å²) in [5.41, 5.74) is 11.9. The standard InChI is InChI=1S/C31H35N/c32-18-10-17-28-19-29(25-11-4-1-5-12-25)22-30(20-28,26-13-6-2-7-14-26)24-31(21-28,23-29)27-15-8-3-9-16-27/h1-9,11-16H,10,17-24,32H2. The highest BCUT2D eigenvalue weighted by atomic mass is 14.7. The highest BCUT2D eigenvalue weighted by molar-refractivity contribution is 5.45. The summed E-state index contributed by atoms with van der Waals surface area (Å²) in [5.74, 6) is 0. The average molecular weight is 422 g/mol. The van der Waals surface area contributed by atoms with Crippen molar-refractivity contribution in [3.63, 3.8) is 0 Å². The summed E-state index contributed by atoms with van der Waals surface area (Å²) in [6.07, 6.45) is 10.2. The first-order chi connectivity index (χ1) is 15.6. The number of hydrogen-bond acceptors (Lipinski definition) is 1. The summed E-state index contributed by atoms with van der Waals surface area (Å²) in [4.78, 5) is 0. The van der Waals surface area contributed by atoms with Crippen molar-refractivity contribution in [2.24, 2.45) is 11.1 Å². The van der Waals surface area contributed by atoms with Crippen molar-refractivity contribution < 1.29 is 0 Å². The van der Waals surface area contributed by atoms with E-state index in [2.05, 4.69) is 91.0 Å². The van der Waals surface area contributed by atoms with Crippen LogP contribution in [0.1, 0.15) is 68.1 Å². The second kappa shape index (κ2) is 7.32. The lowest BCUT2D eigenvalue weighted by molar-refractivity contribution is -0.112. The van der Waals surface area contributed by atoms with Crippen molar-refractivity contribution in [2.45, 2.75) is 67.6 Å². The molecule has 4 saturated carbocycles. The van der Waals surface area contributed by atoms with Crippen LogP contribution in [0.25, 0.3) is 0 Å². The number of benzene rings is 3. The number of hydrogen-bond donors (Lipinski definition) is 1. The highest BCUT2D eigenvalue weighted by Crippen LogP contribution is 2.75. The Labute approximate surface area is 193 Å². The maximum atomic E-state index is 6.09. The predicted octanol–water partition coefficient (Wildman–Crippen LogP) is 6.91. The monoisotopic (exact) mass is 421 g/mol. The van der Waals surface area contributed by atoms with E-state index < -0.39 is 0 Å². The van der Waals surface area contributed by atoms with Gasteiger partial charge in [0.05, 0.1) is 0 Å². The molecule has 0 heterocycles. The second-order valence-corrected chi connectivity index (χ2v) is 11.4. The van der Waals surface area contributed by atoms with Gasteiger partial charge in [0.2, 0.25) is 0 Å². The van der Waals surface area contributed by atoms with Gasteiger partial charge in [-0.25, -0.2) is 0 Å². The van der Waals surface area contributed by atoms with E-state index in [9.17, 15) is 0 Å². The Bertz CT molecular complexity index is 929. The number of rotatable bonds is 6. The third-order valence-electron chi connectivity index (χ3n) is 9.24. The van der Waals surface area contributed by atoms with Gasteiger partial charge in [0, 0.05) is 0 Å². The van der Waals surface area contributed by atoms with Gasteiger partial charge in [-0.15, -0.1) is 0 Å². The van der Waals surface area contributed by atoms with Crippen LogP contribution in [0.2, 0.25) is 0 Å².